The van der Waals surface area contributed by atoms with Crippen molar-refractivity contribution in [3.8, 4) is 0 Å². The number of H-pyrrole nitrogens is 1. The van der Waals surface area contributed by atoms with Gasteiger partial charge in [-0.25, -0.2) is 9.97 Å². The van der Waals surface area contributed by atoms with Crippen LogP contribution in [-0.2, 0) is 9.53 Å². The molecule has 4 fully saturated rings. The molecule has 2 aromatic rings. The van der Waals surface area contributed by atoms with Gasteiger partial charge in [-0.15, -0.1) is 0 Å². The molecule has 5 heterocycles. The number of ether oxygens (including phenoxy) is 1. The fourth-order valence-corrected chi connectivity index (χ4v) is 4.79. The molecule has 0 spiro atoms. The molecule has 0 aromatic carbocycles. The molecule has 3 saturated heterocycles. The highest BCUT2D eigenvalue weighted by molar-refractivity contribution is 5.91. The van der Waals surface area contributed by atoms with Crippen LogP contribution < -0.4 is 5.32 Å². The Labute approximate surface area is 151 Å². The van der Waals surface area contributed by atoms with E-state index in [4.69, 9.17) is 4.74 Å². The number of aromatic amines is 1. The molecule has 136 valence electrons. The molecule has 2 aromatic heterocycles. The van der Waals surface area contributed by atoms with Gasteiger partial charge in [0.2, 0.25) is 5.91 Å². The number of rotatable bonds is 4. The van der Waals surface area contributed by atoms with Crippen molar-refractivity contribution in [3.05, 3.63) is 30.7 Å². The summed E-state index contributed by atoms with van der Waals surface area (Å²) in [4.78, 5) is 26.2. The SMILES string of the molecule is C=CC(=O)N1CC2CC1C2Nc1ncnc2[nH]cc(C3CCOCC3)c12. The zero-order valence-electron chi connectivity index (χ0n) is 14.6. The number of anilines is 1. The second kappa shape index (κ2) is 6.09. The van der Waals surface area contributed by atoms with E-state index in [0.717, 1.165) is 55.9 Å². The standard InChI is InChI=1S/C19H23N5O2/c1-2-15(25)24-9-12-7-14(24)17(12)23-19-16-13(11-3-5-26-6-4-11)8-20-18(16)21-10-22-19/h2,8,10-12,14,17H,1,3-7,9H2,(H2,20,21,22,23). The van der Waals surface area contributed by atoms with Crippen LogP contribution in [0.15, 0.2) is 25.2 Å². The van der Waals surface area contributed by atoms with Gasteiger partial charge in [0.1, 0.15) is 17.8 Å². The first kappa shape index (κ1) is 15.8. The van der Waals surface area contributed by atoms with E-state index < -0.39 is 0 Å². The van der Waals surface area contributed by atoms with E-state index in [-0.39, 0.29) is 18.0 Å². The first-order valence-electron chi connectivity index (χ1n) is 9.35. The Morgan fingerprint density at radius 1 is 1.38 bits per heavy atom. The third-order valence-electron chi connectivity index (χ3n) is 6.22. The first-order valence-corrected chi connectivity index (χ1v) is 9.35. The van der Waals surface area contributed by atoms with Crippen molar-refractivity contribution in [1.82, 2.24) is 19.9 Å². The molecule has 2 bridgehead atoms. The predicted octanol–water partition coefficient (Wildman–Crippen LogP) is 2.05. The summed E-state index contributed by atoms with van der Waals surface area (Å²) in [6.45, 7) is 6.03. The molecule has 3 atom stereocenters. The molecule has 7 heteroatoms. The number of carbonyl (C=O) groups excluding carboxylic acids is 1. The summed E-state index contributed by atoms with van der Waals surface area (Å²) in [5.74, 6) is 1.87. The third-order valence-corrected chi connectivity index (χ3v) is 6.22. The summed E-state index contributed by atoms with van der Waals surface area (Å²) in [6.07, 6.45) is 8.20. The Balaban J connectivity index is 1.44. The Morgan fingerprint density at radius 3 is 3.04 bits per heavy atom. The van der Waals surface area contributed by atoms with Crippen LogP contribution in [0.25, 0.3) is 11.0 Å². The van der Waals surface area contributed by atoms with Crippen LogP contribution in [0.1, 0.15) is 30.7 Å². The Bertz CT molecular complexity index is 857. The lowest BCUT2D eigenvalue weighted by molar-refractivity contribution is -0.126. The summed E-state index contributed by atoms with van der Waals surface area (Å²) >= 11 is 0. The third kappa shape index (κ3) is 2.34. The topological polar surface area (TPSA) is 83.1 Å². The van der Waals surface area contributed by atoms with Crippen LogP contribution in [0.2, 0.25) is 0 Å². The predicted molar refractivity (Wildman–Crippen MR) is 97.9 cm³/mol. The molecule has 1 amide bonds. The number of nitrogens with zero attached hydrogens (tertiary/aromatic N) is 3. The fourth-order valence-electron chi connectivity index (χ4n) is 4.79. The lowest BCUT2D eigenvalue weighted by Gasteiger charge is -2.37. The largest absolute Gasteiger partial charge is 0.381 e. The van der Waals surface area contributed by atoms with Crippen LogP contribution in [0.4, 0.5) is 5.82 Å². The molecular formula is C19H23N5O2. The Hall–Kier alpha value is -2.41. The molecule has 1 aliphatic carbocycles. The van der Waals surface area contributed by atoms with Gasteiger partial charge in [0.15, 0.2) is 0 Å². The zero-order chi connectivity index (χ0) is 17.7. The van der Waals surface area contributed by atoms with E-state index in [1.54, 1.807) is 6.33 Å². The minimum atomic E-state index is 0.0270. The van der Waals surface area contributed by atoms with Gasteiger partial charge in [0, 0.05) is 31.9 Å². The highest BCUT2D eigenvalue weighted by atomic mass is 16.5. The molecule has 3 aliphatic heterocycles. The average Bonchev–Trinajstić information content (AvgIpc) is 3.39. The normalized spacial score (nSPS) is 28.2. The van der Waals surface area contributed by atoms with Crippen molar-refractivity contribution in [3.63, 3.8) is 0 Å². The molecule has 26 heavy (non-hydrogen) atoms. The molecule has 2 N–H and O–H groups in total. The van der Waals surface area contributed by atoms with E-state index >= 15 is 0 Å². The summed E-state index contributed by atoms with van der Waals surface area (Å²) in [7, 11) is 0. The van der Waals surface area contributed by atoms with E-state index in [1.807, 2.05) is 4.90 Å². The quantitative estimate of drug-likeness (QED) is 0.822. The number of hydrogen-bond donors (Lipinski definition) is 2. The fraction of sp³-hybridized carbons (Fsp3) is 0.526. The van der Waals surface area contributed by atoms with Gasteiger partial charge in [-0.3, -0.25) is 4.79 Å². The van der Waals surface area contributed by atoms with Crippen molar-refractivity contribution >= 4 is 22.8 Å². The van der Waals surface area contributed by atoms with Crippen molar-refractivity contribution in [2.24, 2.45) is 5.92 Å². The monoisotopic (exact) mass is 353 g/mol. The van der Waals surface area contributed by atoms with Crippen molar-refractivity contribution in [2.75, 3.05) is 25.1 Å². The van der Waals surface area contributed by atoms with Gasteiger partial charge in [0.25, 0.3) is 0 Å². The van der Waals surface area contributed by atoms with Gasteiger partial charge in [-0.05, 0) is 36.8 Å². The maximum absolute atomic E-state index is 12.0. The van der Waals surface area contributed by atoms with E-state index in [1.165, 1.54) is 11.6 Å². The molecule has 4 aliphatic rings. The Kier molecular flexibility index (Phi) is 3.70. The number of nitrogens with one attached hydrogen (secondary N) is 2. The average molecular weight is 353 g/mol. The van der Waals surface area contributed by atoms with Gasteiger partial charge < -0.3 is 19.9 Å². The van der Waals surface area contributed by atoms with Crippen molar-refractivity contribution in [2.45, 2.75) is 37.3 Å². The molecule has 0 radical (unpaired) electrons. The number of carbonyl (C=O) groups is 1. The van der Waals surface area contributed by atoms with Gasteiger partial charge in [-0.2, -0.15) is 0 Å². The molecule has 7 nitrogen and oxygen atoms in total. The molecule has 3 unspecified atom stereocenters. The number of aromatic nitrogens is 3. The summed E-state index contributed by atoms with van der Waals surface area (Å²) in [6, 6.07) is 0.496. The highest BCUT2D eigenvalue weighted by Gasteiger charge is 2.53. The lowest BCUT2D eigenvalue weighted by atomic mass is 9.80. The second-order valence-corrected chi connectivity index (χ2v) is 7.50. The van der Waals surface area contributed by atoms with Gasteiger partial charge >= 0.3 is 0 Å². The van der Waals surface area contributed by atoms with Crippen LogP contribution in [-0.4, -0.2) is 57.6 Å². The molecular weight excluding hydrogens is 330 g/mol. The highest BCUT2D eigenvalue weighted by Crippen LogP contribution is 2.44. The summed E-state index contributed by atoms with van der Waals surface area (Å²) in [5, 5.41) is 4.72. The maximum atomic E-state index is 12.0. The first-order chi connectivity index (χ1) is 12.8. The molecule has 6 rings (SSSR count). The smallest absolute Gasteiger partial charge is 0.246 e. The van der Waals surface area contributed by atoms with Crippen molar-refractivity contribution < 1.29 is 9.53 Å². The van der Waals surface area contributed by atoms with Gasteiger partial charge in [-0.1, -0.05) is 6.58 Å². The number of fused-ring (bicyclic) bond motifs is 2. The van der Waals surface area contributed by atoms with Crippen LogP contribution in [0.3, 0.4) is 0 Å². The van der Waals surface area contributed by atoms with E-state index in [2.05, 4.69) is 33.0 Å². The number of hydrogen-bond acceptors (Lipinski definition) is 5. The zero-order valence-corrected chi connectivity index (χ0v) is 14.6. The maximum Gasteiger partial charge on any atom is 0.246 e. The molecule has 1 saturated carbocycles. The van der Waals surface area contributed by atoms with E-state index in [0.29, 0.717) is 11.8 Å². The minimum Gasteiger partial charge on any atom is -0.381 e. The van der Waals surface area contributed by atoms with E-state index in [9.17, 15) is 4.79 Å². The number of amides is 1. The Morgan fingerprint density at radius 2 is 2.23 bits per heavy atom. The lowest BCUT2D eigenvalue weighted by Crippen LogP contribution is -2.49. The second-order valence-electron chi connectivity index (χ2n) is 7.50. The summed E-state index contributed by atoms with van der Waals surface area (Å²) < 4.78 is 5.51. The van der Waals surface area contributed by atoms with Crippen LogP contribution >= 0.6 is 0 Å². The van der Waals surface area contributed by atoms with Crippen LogP contribution in [0, 0.1) is 5.92 Å². The summed E-state index contributed by atoms with van der Waals surface area (Å²) in [5.41, 5.74) is 2.15. The van der Waals surface area contributed by atoms with Gasteiger partial charge in [0.05, 0.1) is 17.5 Å². The minimum absolute atomic E-state index is 0.0270. The van der Waals surface area contributed by atoms with Crippen molar-refractivity contribution in [1.29, 1.82) is 0 Å². The van der Waals surface area contributed by atoms with Crippen LogP contribution in [0.5, 0.6) is 0 Å².